The van der Waals surface area contributed by atoms with Crippen molar-refractivity contribution in [2.75, 3.05) is 32.7 Å². The van der Waals surface area contributed by atoms with Gasteiger partial charge in [-0.05, 0) is 58.4 Å². The van der Waals surface area contributed by atoms with Crippen LogP contribution < -0.4 is 0 Å². The van der Waals surface area contributed by atoms with Gasteiger partial charge in [0.2, 0.25) is 10.0 Å². The lowest BCUT2D eigenvalue weighted by Crippen LogP contribution is -2.50. The Hall–Kier alpha value is -1.67. The van der Waals surface area contributed by atoms with Gasteiger partial charge < -0.3 is 4.57 Å². The highest BCUT2D eigenvalue weighted by Gasteiger charge is 2.29. The highest BCUT2D eigenvalue weighted by molar-refractivity contribution is 7.88. The fraction of sp³-hybridized carbons (Fsp3) is 0.522. The zero-order valence-corrected chi connectivity index (χ0v) is 20.6. The van der Waals surface area contributed by atoms with E-state index in [1.807, 2.05) is 24.8 Å². The first kappa shape index (κ1) is 24.0. The van der Waals surface area contributed by atoms with E-state index in [4.69, 9.17) is 11.6 Å². The molecule has 1 aromatic carbocycles. The number of hydrogen-bond donors (Lipinski definition) is 0. The summed E-state index contributed by atoms with van der Waals surface area (Å²) in [5, 5.41) is 0.586. The lowest BCUT2D eigenvalue weighted by Gasteiger charge is -2.33. The van der Waals surface area contributed by atoms with Crippen LogP contribution in [-0.4, -0.2) is 60.7 Å². The minimum absolute atomic E-state index is 0.0398. The van der Waals surface area contributed by atoms with E-state index < -0.39 is 10.0 Å². The molecule has 1 fully saturated rings. The second kappa shape index (κ2) is 9.06. The largest absolute Gasteiger partial charge is 0.343 e. The number of Topliss-reactive ketones (excluding diaryl/α,β-unsaturated/α-hetero) is 1. The van der Waals surface area contributed by atoms with Gasteiger partial charge in [-0.15, -0.1) is 0 Å². The molecule has 0 aliphatic carbocycles. The molecule has 0 spiro atoms. The van der Waals surface area contributed by atoms with Crippen molar-refractivity contribution in [3.8, 4) is 0 Å². The summed E-state index contributed by atoms with van der Waals surface area (Å²) >= 11 is 5.88. The molecular formula is C23H32ClN3O3S. The molecule has 0 amide bonds. The van der Waals surface area contributed by atoms with Crippen molar-refractivity contribution >= 4 is 27.4 Å². The van der Waals surface area contributed by atoms with E-state index in [0.29, 0.717) is 37.7 Å². The van der Waals surface area contributed by atoms with Gasteiger partial charge in [-0.25, -0.2) is 8.42 Å². The first-order chi connectivity index (χ1) is 14.4. The van der Waals surface area contributed by atoms with E-state index in [1.165, 1.54) is 4.31 Å². The highest BCUT2D eigenvalue weighted by Crippen LogP contribution is 2.25. The molecule has 31 heavy (non-hydrogen) atoms. The highest BCUT2D eigenvalue weighted by atomic mass is 35.5. The van der Waals surface area contributed by atoms with Crippen LogP contribution in [0.5, 0.6) is 0 Å². The molecule has 8 heteroatoms. The van der Waals surface area contributed by atoms with Crippen molar-refractivity contribution in [2.45, 2.75) is 45.9 Å². The number of sulfonamides is 1. The van der Waals surface area contributed by atoms with Gasteiger partial charge in [-0.1, -0.05) is 23.7 Å². The number of carbonyl (C=O) groups excluding carboxylic acids is 1. The second-order valence-electron chi connectivity index (χ2n) is 9.27. The van der Waals surface area contributed by atoms with Gasteiger partial charge in [-0.2, -0.15) is 4.31 Å². The Kier molecular flexibility index (Phi) is 7.01. The number of hydrogen-bond acceptors (Lipinski definition) is 4. The molecule has 1 saturated heterocycles. The molecule has 0 atom stereocenters. The molecular weight excluding hydrogens is 434 g/mol. The Labute approximate surface area is 190 Å². The molecule has 0 radical (unpaired) electrons. The van der Waals surface area contributed by atoms with Crippen LogP contribution >= 0.6 is 11.6 Å². The Bertz CT molecular complexity index is 1040. The zero-order valence-electron chi connectivity index (χ0n) is 19.0. The van der Waals surface area contributed by atoms with Crippen LogP contribution in [0.15, 0.2) is 30.3 Å². The van der Waals surface area contributed by atoms with Crippen molar-refractivity contribution in [1.29, 1.82) is 0 Å². The first-order valence-corrected chi connectivity index (χ1v) is 12.5. The zero-order chi connectivity index (χ0) is 23.0. The summed E-state index contributed by atoms with van der Waals surface area (Å²) in [6.45, 7) is 12.6. The van der Waals surface area contributed by atoms with E-state index >= 15 is 0 Å². The van der Waals surface area contributed by atoms with Crippen LogP contribution in [0.25, 0.3) is 0 Å². The van der Waals surface area contributed by atoms with Gasteiger partial charge in [0.05, 0.1) is 12.3 Å². The van der Waals surface area contributed by atoms with Crippen LogP contribution in [0.2, 0.25) is 5.02 Å². The first-order valence-electron chi connectivity index (χ1n) is 10.6. The standard InChI is InChI=1S/C23H32ClN3O3S/c1-17-14-21(18(2)27(17)23(3,4)5)22(28)15-25-10-12-26(13-11-25)31(29,30)16-19-6-8-20(24)9-7-19/h6-9,14H,10-13,15-16H2,1-5H3. The maximum absolute atomic E-state index is 13.0. The minimum atomic E-state index is -3.40. The Balaban J connectivity index is 1.60. The SMILES string of the molecule is Cc1cc(C(=O)CN2CCN(S(=O)(=O)Cc3ccc(Cl)cc3)CC2)c(C)n1C(C)(C)C. The quantitative estimate of drug-likeness (QED) is 0.608. The molecule has 1 aliphatic rings. The molecule has 0 unspecified atom stereocenters. The van der Waals surface area contributed by atoms with Crippen LogP contribution in [0.3, 0.4) is 0 Å². The van der Waals surface area contributed by atoms with Gasteiger partial charge in [0.1, 0.15) is 0 Å². The third-order valence-electron chi connectivity index (χ3n) is 5.76. The van der Waals surface area contributed by atoms with E-state index in [9.17, 15) is 13.2 Å². The predicted octanol–water partition coefficient (Wildman–Crippen LogP) is 3.84. The van der Waals surface area contributed by atoms with Crippen LogP contribution in [-0.2, 0) is 21.3 Å². The smallest absolute Gasteiger partial charge is 0.218 e. The molecule has 1 aliphatic heterocycles. The fourth-order valence-electron chi connectivity index (χ4n) is 4.41. The van der Waals surface area contributed by atoms with Gasteiger partial charge in [0, 0.05) is 53.7 Å². The number of halogens is 1. The number of rotatable bonds is 6. The Morgan fingerprint density at radius 2 is 1.61 bits per heavy atom. The summed E-state index contributed by atoms with van der Waals surface area (Å²) in [6, 6.07) is 8.85. The summed E-state index contributed by atoms with van der Waals surface area (Å²) in [6.07, 6.45) is 0. The number of nitrogens with zero attached hydrogens (tertiary/aromatic N) is 3. The van der Waals surface area contributed by atoms with Gasteiger partial charge in [-0.3, -0.25) is 9.69 Å². The topological polar surface area (TPSA) is 62.6 Å². The summed E-state index contributed by atoms with van der Waals surface area (Å²) < 4.78 is 29.3. The molecule has 2 aromatic rings. The predicted molar refractivity (Wildman–Crippen MR) is 125 cm³/mol. The van der Waals surface area contributed by atoms with Crippen molar-refractivity contribution in [2.24, 2.45) is 0 Å². The summed E-state index contributed by atoms with van der Waals surface area (Å²) in [5.41, 5.74) is 3.45. The van der Waals surface area contributed by atoms with Crippen molar-refractivity contribution in [3.05, 3.63) is 57.9 Å². The fourth-order valence-corrected chi connectivity index (χ4v) is 6.06. The van der Waals surface area contributed by atoms with Crippen molar-refractivity contribution < 1.29 is 13.2 Å². The summed E-state index contributed by atoms with van der Waals surface area (Å²) in [5.74, 6) is 0.0445. The number of piperazine rings is 1. The Morgan fingerprint density at radius 1 is 1.03 bits per heavy atom. The van der Waals surface area contributed by atoms with E-state index in [1.54, 1.807) is 24.3 Å². The normalized spacial score (nSPS) is 16.6. The number of aryl methyl sites for hydroxylation is 1. The number of aromatic nitrogens is 1. The summed E-state index contributed by atoms with van der Waals surface area (Å²) in [7, 11) is -3.40. The Morgan fingerprint density at radius 3 is 2.13 bits per heavy atom. The molecule has 0 saturated carbocycles. The van der Waals surface area contributed by atoms with E-state index in [2.05, 4.69) is 25.3 Å². The molecule has 170 valence electrons. The van der Waals surface area contributed by atoms with Gasteiger partial charge in [0.15, 0.2) is 5.78 Å². The van der Waals surface area contributed by atoms with E-state index in [0.717, 1.165) is 22.5 Å². The van der Waals surface area contributed by atoms with Crippen molar-refractivity contribution in [1.82, 2.24) is 13.8 Å². The average Bonchev–Trinajstić information content (AvgIpc) is 2.98. The molecule has 1 aromatic heterocycles. The molecule has 2 heterocycles. The van der Waals surface area contributed by atoms with Crippen LogP contribution in [0.4, 0.5) is 0 Å². The average molecular weight is 466 g/mol. The number of ketones is 1. The minimum Gasteiger partial charge on any atom is -0.343 e. The van der Waals surface area contributed by atoms with E-state index in [-0.39, 0.29) is 17.1 Å². The van der Waals surface area contributed by atoms with Gasteiger partial charge >= 0.3 is 0 Å². The van der Waals surface area contributed by atoms with Crippen LogP contribution in [0.1, 0.15) is 48.1 Å². The monoisotopic (exact) mass is 465 g/mol. The third-order valence-corrected chi connectivity index (χ3v) is 7.86. The lowest BCUT2D eigenvalue weighted by molar-refractivity contribution is 0.0901. The maximum Gasteiger partial charge on any atom is 0.218 e. The van der Waals surface area contributed by atoms with Crippen LogP contribution in [0, 0.1) is 13.8 Å². The number of carbonyl (C=O) groups is 1. The third kappa shape index (κ3) is 5.58. The molecule has 0 bridgehead atoms. The molecule has 6 nitrogen and oxygen atoms in total. The molecule has 0 N–H and O–H groups in total. The molecule has 3 rings (SSSR count). The van der Waals surface area contributed by atoms with Crippen molar-refractivity contribution in [3.63, 3.8) is 0 Å². The number of benzene rings is 1. The second-order valence-corrected chi connectivity index (χ2v) is 11.7. The lowest BCUT2D eigenvalue weighted by atomic mass is 10.1. The maximum atomic E-state index is 13.0. The summed E-state index contributed by atoms with van der Waals surface area (Å²) in [4.78, 5) is 15.0. The van der Waals surface area contributed by atoms with Gasteiger partial charge in [0.25, 0.3) is 0 Å².